The van der Waals surface area contributed by atoms with E-state index in [-0.39, 0.29) is 5.60 Å². The van der Waals surface area contributed by atoms with E-state index in [1.807, 2.05) is 0 Å². The van der Waals surface area contributed by atoms with Crippen molar-refractivity contribution >= 4 is 0 Å². The van der Waals surface area contributed by atoms with E-state index in [1.54, 1.807) is 0 Å². The van der Waals surface area contributed by atoms with Crippen molar-refractivity contribution in [3.05, 3.63) is 0 Å². The summed E-state index contributed by atoms with van der Waals surface area (Å²) in [7, 11) is 0. The van der Waals surface area contributed by atoms with Gasteiger partial charge in [-0.1, -0.05) is 6.92 Å². The molecule has 2 rings (SSSR count). The monoisotopic (exact) mass is 183 g/mol. The fourth-order valence-corrected chi connectivity index (χ4v) is 2.53. The van der Waals surface area contributed by atoms with Crippen molar-refractivity contribution in [1.82, 2.24) is 5.32 Å². The van der Waals surface area contributed by atoms with Gasteiger partial charge in [0, 0.05) is 12.6 Å². The molecule has 1 heterocycles. The number of ether oxygens (including phenoxy) is 1. The number of rotatable bonds is 3. The Morgan fingerprint density at radius 2 is 2.15 bits per heavy atom. The molecular formula is C11H21NO. The SMILES string of the molecule is CCNC1CCOC(C)(C2CC2)C1. The van der Waals surface area contributed by atoms with Crippen molar-refractivity contribution in [2.45, 2.75) is 51.2 Å². The van der Waals surface area contributed by atoms with E-state index in [2.05, 4.69) is 19.2 Å². The third-order valence-corrected chi connectivity index (χ3v) is 3.48. The molecule has 0 spiro atoms. The first-order valence-electron chi connectivity index (χ1n) is 5.62. The lowest BCUT2D eigenvalue weighted by molar-refractivity contribution is -0.0901. The summed E-state index contributed by atoms with van der Waals surface area (Å²) in [4.78, 5) is 0. The lowest BCUT2D eigenvalue weighted by Gasteiger charge is -2.39. The van der Waals surface area contributed by atoms with Crippen LogP contribution in [0.25, 0.3) is 0 Å². The van der Waals surface area contributed by atoms with Crippen LogP contribution in [0, 0.1) is 5.92 Å². The van der Waals surface area contributed by atoms with Gasteiger partial charge in [0.25, 0.3) is 0 Å². The predicted molar refractivity (Wildman–Crippen MR) is 53.8 cm³/mol. The van der Waals surface area contributed by atoms with Crippen LogP contribution < -0.4 is 5.32 Å². The second kappa shape index (κ2) is 3.58. The van der Waals surface area contributed by atoms with Crippen LogP contribution in [0.3, 0.4) is 0 Å². The summed E-state index contributed by atoms with van der Waals surface area (Å²) in [5.41, 5.74) is 0.199. The molecule has 2 heteroatoms. The maximum Gasteiger partial charge on any atom is 0.0697 e. The molecule has 76 valence electrons. The highest BCUT2D eigenvalue weighted by molar-refractivity contribution is 4.97. The predicted octanol–water partition coefficient (Wildman–Crippen LogP) is 1.94. The maximum atomic E-state index is 5.93. The average molecular weight is 183 g/mol. The molecule has 0 aromatic rings. The van der Waals surface area contributed by atoms with Crippen molar-refractivity contribution in [2.75, 3.05) is 13.2 Å². The highest BCUT2D eigenvalue weighted by Crippen LogP contribution is 2.45. The number of hydrogen-bond acceptors (Lipinski definition) is 2. The van der Waals surface area contributed by atoms with E-state index in [1.165, 1.54) is 25.7 Å². The molecule has 1 aliphatic heterocycles. The minimum atomic E-state index is 0.199. The molecule has 0 bridgehead atoms. The summed E-state index contributed by atoms with van der Waals surface area (Å²) < 4.78 is 5.93. The molecule has 1 saturated carbocycles. The number of nitrogens with one attached hydrogen (secondary N) is 1. The Morgan fingerprint density at radius 1 is 1.38 bits per heavy atom. The van der Waals surface area contributed by atoms with Gasteiger partial charge in [-0.25, -0.2) is 0 Å². The van der Waals surface area contributed by atoms with Gasteiger partial charge in [0.05, 0.1) is 5.60 Å². The van der Waals surface area contributed by atoms with Crippen LogP contribution in [0.5, 0.6) is 0 Å². The van der Waals surface area contributed by atoms with Crippen LogP contribution in [0.15, 0.2) is 0 Å². The van der Waals surface area contributed by atoms with Gasteiger partial charge >= 0.3 is 0 Å². The van der Waals surface area contributed by atoms with Crippen LogP contribution in [0.2, 0.25) is 0 Å². The molecule has 2 aliphatic rings. The van der Waals surface area contributed by atoms with E-state index in [0.29, 0.717) is 6.04 Å². The molecule has 2 atom stereocenters. The zero-order chi connectivity index (χ0) is 9.31. The first-order chi connectivity index (χ1) is 6.24. The molecule has 2 unspecified atom stereocenters. The fraction of sp³-hybridized carbons (Fsp3) is 1.00. The van der Waals surface area contributed by atoms with E-state index in [0.717, 1.165) is 19.1 Å². The standard InChI is InChI=1S/C11H21NO/c1-3-12-10-6-7-13-11(2,8-10)9-4-5-9/h9-10,12H,3-8H2,1-2H3. The van der Waals surface area contributed by atoms with E-state index >= 15 is 0 Å². The van der Waals surface area contributed by atoms with Gasteiger partial charge in [-0.3, -0.25) is 0 Å². The Hall–Kier alpha value is -0.0800. The van der Waals surface area contributed by atoms with Gasteiger partial charge in [0.2, 0.25) is 0 Å². The minimum absolute atomic E-state index is 0.199. The van der Waals surface area contributed by atoms with E-state index in [4.69, 9.17) is 4.74 Å². The Morgan fingerprint density at radius 3 is 2.77 bits per heavy atom. The molecule has 0 aromatic heterocycles. The van der Waals surface area contributed by atoms with Crippen molar-refractivity contribution < 1.29 is 4.74 Å². The van der Waals surface area contributed by atoms with Gasteiger partial charge in [-0.15, -0.1) is 0 Å². The normalized spacial score (nSPS) is 40.6. The number of hydrogen-bond donors (Lipinski definition) is 1. The first-order valence-corrected chi connectivity index (χ1v) is 5.62. The van der Waals surface area contributed by atoms with Crippen LogP contribution in [0.4, 0.5) is 0 Å². The third kappa shape index (κ3) is 2.05. The molecule has 0 radical (unpaired) electrons. The third-order valence-electron chi connectivity index (χ3n) is 3.48. The van der Waals surface area contributed by atoms with Gasteiger partial charge in [-0.2, -0.15) is 0 Å². The van der Waals surface area contributed by atoms with E-state index < -0.39 is 0 Å². The summed E-state index contributed by atoms with van der Waals surface area (Å²) in [6.45, 7) is 6.52. The summed E-state index contributed by atoms with van der Waals surface area (Å²) >= 11 is 0. The molecule has 1 N–H and O–H groups in total. The highest BCUT2D eigenvalue weighted by atomic mass is 16.5. The second-order valence-electron chi connectivity index (χ2n) is 4.68. The van der Waals surface area contributed by atoms with Gasteiger partial charge < -0.3 is 10.1 Å². The quantitative estimate of drug-likeness (QED) is 0.722. The smallest absolute Gasteiger partial charge is 0.0697 e. The zero-order valence-electron chi connectivity index (χ0n) is 8.81. The second-order valence-corrected chi connectivity index (χ2v) is 4.68. The topological polar surface area (TPSA) is 21.3 Å². The Balaban J connectivity index is 1.90. The van der Waals surface area contributed by atoms with Crippen molar-refractivity contribution in [1.29, 1.82) is 0 Å². The Labute approximate surface area is 81.0 Å². The van der Waals surface area contributed by atoms with Gasteiger partial charge in [0.1, 0.15) is 0 Å². The lowest BCUT2D eigenvalue weighted by atomic mass is 9.88. The molecule has 2 fully saturated rings. The van der Waals surface area contributed by atoms with Crippen molar-refractivity contribution in [3.63, 3.8) is 0 Å². The zero-order valence-corrected chi connectivity index (χ0v) is 8.81. The summed E-state index contributed by atoms with van der Waals surface area (Å²) in [5, 5.41) is 3.54. The van der Waals surface area contributed by atoms with Gasteiger partial charge in [-0.05, 0) is 45.1 Å². The molecule has 13 heavy (non-hydrogen) atoms. The minimum Gasteiger partial charge on any atom is -0.375 e. The molecule has 2 nitrogen and oxygen atoms in total. The first kappa shape index (κ1) is 9.47. The average Bonchev–Trinajstić information content (AvgIpc) is 2.86. The summed E-state index contributed by atoms with van der Waals surface area (Å²) in [6, 6.07) is 0.698. The Bertz CT molecular complexity index is 177. The van der Waals surface area contributed by atoms with Crippen LogP contribution in [-0.2, 0) is 4.74 Å². The molecule has 1 aliphatic carbocycles. The van der Waals surface area contributed by atoms with Crippen LogP contribution in [-0.4, -0.2) is 24.8 Å². The fourth-order valence-electron chi connectivity index (χ4n) is 2.53. The van der Waals surface area contributed by atoms with Crippen molar-refractivity contribution in [2.24, 2.45) is 5.92 Å². The summed E-state index contributed by atoms with van der Waals surface area (Å²) in [6.07, 6.45) is 5.17. The van der Waals surface area contributed by atoms with Crippen LogP contribution >= 0.6 is 0 Å². The Kier molecular flexibility index (Phi) is 2.61. The molecule has 1 saturated heterocycles. The lowest BCUT2D eigenvalue weighted by Crippen LogP contribution is -2.46. The summed E-state index contributed by atoms with van der Waals surface area (Å²) in [5.74, 6) is 0.856. The maximum absolute atomic E-state index is 5.93. The van der Waals surface area contributed by atoms with E-state index in [9.17, 15) is 0 Å². The molecular weight excluding hydrogens is 162 g/mol. The highest BCUT2D eigenvalue weighted by Gasteiger charge is 2.45. The van der Waals surface area contributed by atoms with Gasteiger partial charge in [0.15, 0.2) is 0 Å². The molecule has 0 aromatic carbocycles. The van der Waals surface area contributed by atoms with Crippen LogP contribution in [0.1, 0.15) is 39.5 Å². The molecule has 0 amide bonds. The van der Waals surface area contributed by atoms with Crippen molar-refractivity contribution in [3.8, 4) is 0 Å². The largest absolute Gasteiger partial charge is 0.375 e.